The molecular formula is C23H23N5O2. The highest BCUT2D eigenvalue weighted by atomic mass is 16.5. The van der Waals surface area contributed by atoms with Crippen molar-refractivity contribution in [3.05, 3.63) is 78.3 Å². The molecule has 1 N–H and O–H groups in total. The van der Waals surface area contributed by atoms with Crippen molar-refractivity contribution in [1.29, 1.82) is 0 Å². The van der Waals surface area contributed by atoms with Crippen LogP contribution in [0.5, 0.6) is 0 Å². The van der Waals surface area contributed by atoms with E-state index in [0.717, 1.165) is 11.3 Å². The molecule has 0 unspecified atom stereocenters. The summed E-state index contributed by atoms with van der Waals surface area (Å²) in [5.74, 6) is 1.78. The average molecular weight is 401 g/mol. The molecular weight excluding hydrogens is 378 g/mol. The lowest BCUT2D eigenvalue weighted by Gasteiger charge is -2.04. The standard InChI is InChI=1S/C23H23N5O2/c1-16(2)17-8-10-18(11-9-17)23-25-22(30-27-23)13-12-21(29)24-20-14-15-28(26-20)19-6-4-3-5-7-19/h3-11,14-16H,12-13H2,1-2H3,(H,24,26,29). The van der Waals surface area contributed by atoms with Gasteiger partial charge in [-0.05, 0) is 23.6 Å². The van der Waals surface area contributed by atoms with Crippen LogP contribution < -0.4 is 5.32 Å². The maximum atomic E-state index is 12.3. The van der Waals surface area contributed by atoms with Crippen molar-refractivity contribution >= 4 is 11.7 Å². The fraction of sp³-hybridized carbons (Fsp3) is 0.217. The monoisotopic (exact) mass is 401 g/mol. The van der Waals surface area contributed by atoms with E-state index in [1.54, 1.807) is 16.9 Å². The molecule has 1 amide bonds. The van der Waals surface area contributed by atoms with Gasteiger partial charge in [-0.25, -0.2) is 4.68 Å². The molecule has 7 heteroatoms. The van der Waals surface area contributed by atoms with Gasteiger partial charge in [0, 0.05) is 30.7 Å². The summed E-state index contributed by atoms with van der Waals surface area (Å²) >= 11 is 0. The predicted octanol–water partition coefficient (Wildman–Crippen LogP) is 4.62. The van der Waals surface area contributed by atoms with E-state index >= 15 is 0 Å². The number of nitrogens with zero attached hydrogens (tertiary/aromatic N) is 4. The fourth-order valence-electron chi connectivity index (χ4n) is 3.03. The van der Waals surface area contributed by atoms with Crippen LogP contribution in [0.4, 0.5) is 5.82 Å². The van der Waals surface area contributed by atoms with Gasteiger partial charge in [0.1, 0.15) is 0 Å². The van der Waals surface area contributed by atoms with Gasteiger partial charge in [-0.15, -0.1) is 0 Å². The molecule has 0 atom stereocenters. The van der Waals surface area contributed by atoms with E-state index in [9.17, 15) is 4.79 Å². The summed E-state index contributed by atoms with van der Waals surface area (Å²) in [7, 11) is 0. The molecule has 0 spiro atoms. The third kappa shape index (κ3) is 4.63. The number of carbonyl (C=O) groups excluding carboxylic acids is 1. The quantitative estimate of drug-likeness (QED) is 0.488. The first-order valence-corrected chi connectivity index (χ1v) is 9.92. The minimum atomic E-state index is -0.158. The first-order chi connectivity index (χ1) is 14.6. The summed E-state index contributed by atoms with van der Waals surface area (Å²) in [4.78, 5) is 16.7. The van der Waals surface area contributed by atoms with Crippen molar-refractivity contribution < 1.29 is 9.32 Å². The number of hydrogen-bond acceptors (Lipinski definition) is 5. The summed E-state index contributed by atoms with van der Waals surface area (Å²) in [6.07, 6.45) is 2.40. The molecule has 0 bridgehead atoms. The van der Waals surface area contributed by atoms with Crippen LogP contribution in [-0.4, -0.2) is 25.8 Å². The molecule has 0 aliphatic heterocycles. The Labute approximate surface area is 174 Å². The third-order valence-corrected chi connectivity index (χ3v) is 4.75. The third-order valence-electron chi connectivity index (χ3n) is 4.75. The van der Waals surface area contributed by atoms with Gasteiger partial charge in [0.05, 0.1) is 5.69 Å². The van der Waals surface area contributed by atoms with Crippen molar-refractivity contribution in [2.24, 2.45) is 0 Å². The van der Waals surface area contributed by atoms with E-state index in [2.05, 4.69) is 46.5 Å². The van der Waals surface area contributed by atoms with Crippen molar-refractivity contribution in [2.45, 2.75) is 32.6 Å². The van der Waals surface area contributed by atoms with Crippen molar-refractivity contribution in [2.75, 3.05) is 5.32 Å². The second-order valence-corrected chi connectivity index (χ2v) is 7.32. The second kappa shape index (κ2) is 8.73. The maximum Gasteiger partial charge on any atom is 0.227 e. The van der Waals surface area contributed by atoms with Crippen LogP contribution in [0.2, 0.25) is 0 Å². The molecule has 152 valence electrons. The highest BCUT2D eigenvalue weighted by Gasteiger charge is 2.12. The normalized spacial score (nSPS) is 11.0. The summed E-state index contributed by atoms with van der Waals surface area (Å²) in [5, 5.41) is 11.2. The summed E-state index contributed by atoms with van der Waals surface area (Å²) in [6, 6.07) is 19.6. The molecule has 0 aliphatic rings. The molecule has 0 aliphatic carbocycles. The number of aromatic nitrogens is 4. The zero-order valence-electron chi connectivity index (χ0n) is 16.9. The highest BCUT2D eigenvalue weighted by molar-refractivity contribution is 5.89. The summed E-state index contributed by atoms with van der Waals surface area (Å²) in [6.45, 7) is 4.30. The Hall–Kier alpha value is -3.74. The molecule has 0 fully saturated rings. The lowest BCUT2D eigenvalue weighted by molar-refractivity contribution is -0.116. The van der Waals surface area contributed by atoms with Gasteiger partial charge in [-0.3, -0.25) is 4.79 Å². The number of aryl methyl sites for hydroxylation is 1. The Morgan fingerprint density at radius 3 is 2.57 bits per heavy atom. The van der Waals surface area contributed by atoms with E-state index in [0.29, 0.717) is 29.9 Å². The maximum absolute atomic E-state index is 12.3. The van der Waals surface area contributed by atoms with Crippen LogP contribution >= 0.6 is 0 Å². The molecule has 4 aromatic rings. The lowest BCUT2D eigenvalue weighted by atomic mass is 10.0. The molecule has 0 saturated heterocycles. The molecule has 2 aromatic carbocycles. The van der Waals surface area contributed by atoms with Crippen LogP contribution in [0.3, 0.4) is 0 Å². The van der Waals surface area contributed by atoms with Gasteiger partial charge in [-0.1, -0.05) is 61.5 Å². The minimum absolute atomic E-state index is 0.158. The fourth-order valence-corrected chi connectivity index (χ4v) is 3.03. The predicted molar refractivity (Wildman–Crippen MR) is 114 cm³/mol. The Morgan fingerprint density at radius 2 is 1.83 bits per heavy atom. The summed E-state index contributed by atoms with van der Waals surface area (Å²) in [5.41, 5.74) is 3.08. The molecule has 30 heavy (non-hydrogen) atoms. The Morgan fingerprint density at radius 1 is 1.07 bits per heavy atom. The zero-order chi connectivity index (χ0) is 20.9. The van der Waals surface area contributed by atoms with E-state index in [4.69, 9.17) is 4.52 Å². The smallest absolute Gasteiger partial charge is 0.227 e. The van der Waals surface area contributed by atoms with Gasteiger partial charge in [0.2, 0.25) is 17.6 Å². The van der Waals surface area contributed by atoms with Gasteiger partial charge < -0.3 is 9.84 Å². The molecule has 0 saturated carbocycles. The molecule has 2 heterocycles. The van der Waals surface area contributed by atoms with Crippen molar-refractivity contribution in [1.82, 2.24) is 19.9 Å². The van der Waals surface area contributed by atoms with Crippen LogP contribution in [0.15, 0.2) is 71.4 Å². The number of carbonyl (C=O) groups is 1. The second-order valence-electron chi connectivity index (χ2n) is 7.32. The first-order valence-electron chi connectivity index (χ1n) is 9.92. The topological polar surface area (TPSA) is 85.8 Å². The number of anilines is 1. The zero-order valence-corrected chi connectivity index (χ0v) is 16.9. The highest BCUT2D eigenvalue weighted by Crippen LogP contribution is 2.21. The molecule has 2 aromatic heterocycles. The Balaban J connectivity index is 1.32. The van der Waals surface area contributed by atoms with Crippen LogP contribution in [0.25, 0.3) is 17.1 Å². The number of rotatable bonds is 7. The van der Waals surface area contributed by atoms with Crippen LogP contribution in [0, 0.1) is 0 Å². The van der Waals surface area contributed by atoms with Crippen LogP contribution in [-0.2, 0) is 11.2 Å². The van der Waals surface area contributed by atoms with Crippen molar-refractivity contribution in [3.63, 3.8) is 0 Å². The lowest BCUT2D eigenvalue weighted by Crippen LogP contribution is -2.13. The number of nitrogens with one attached hydrogen (secondary N) is 1. The molecule has 0 radical (unpaired) electrons. The first kappa shape index (κ1) is 19.6. The minimum Gasteiger partial charge on any atom is -0.339 e. The average Bonchev–Trinajstić information content (AvgIpc) is 3.43. The number of para-hydroxylation sites is 1. The van der Waals surface area contributed by atoms with Gasteiger partial charge in [-0.2, -0.15) is 10.1 Å². The van der Waals surface area contributed by atoms with E-state index in [1.165, 1.54) is 5.56 Å². The van der Waals surface area contributed by atoms with Crippen molar-refractivity contribution in [3.8, 4) is 17.1 Å². The van der Waals surface area contributed by atoms with Gasteiger partial charge >= 0.3 is 0 Å². The largest absolute Gasteiger partial charge is 0.339 e. The van der Waals surface area contributed by atoms with Crippen LogP contribution in [0.1, 0.15) is 37.6 Å². The molecule has 4 rings (SSSR count). The van der Waals surface area contributed by atoms with Gasteiger partial charge in [0.15, 0.2) is 5.82 Å². The number of benzene rings is 2. The van der Waals surface area contributed by atoms with E-state index < -0.39 is 0 Å². The Kier molecular flexibility index (Phi) is 5.70. The summed E-state index contributed by atoms with van der Waals surface area (Å²) < 4.78 is 7.01. The van der Waals surface area contributed by atoms with E-state index in [-0.39, 0.29) is 12.3 Å². The van der Waals surface area contributed by atoms with Gasteiger partial charge in [0.25, 0.3) is 0 Å². The Bertz CT molecular complexity index is 1110. The number of hydrogen-bond donors (Lipinski definition) is 1. The number of amides is 1. The van der Waals surface area contributed by atoms with E-state index in [1.807, 2.05) is 42.5 Å². The molecule has 7 nitrogen and oxygen atoms in total. The SMILES string of the molecule is CC(C)c1ccc(-c2noc(CCC(=O)Nc3ccn(-c4ccccc4)n3)n2)cc1.